The molecule has 26 heavy (non-hydrogen) atoms. The zero-order valence-corrected chi connectivity index (χ0v) is 13.0. The first kappa shape index (κ1) is 18.8. The van der Waals surface area contributed by atoms with Crippen LogP contribution in [0.3, 0.4) is 0 Å². The highest BCUT2D eigenvalue weighted by Crippen LogP contribution is 2.22. The highest BCUT2D eigenvalue weighted by atomic mass is 19.4. The molecule has 0 spiro atoms. The van der Waals surface area contributed by atoms with E-state index < -0.39 is 30.6 Å². The number of anilines is 1. The lowest BCUT2D eigenvalue weighted by molar-refractivity contribution is -0.274. The van der Waals surface area contributed by atoms with E-state index in [1.807, 2.05) is 6.07 Å². The number of benzene rings is 2. The van der Waals surface area contributed by atoms with Gasteiger partial charge in [-0.25, -0.2) is 4.79 Å². The standard InChI is InChI=1S/C17H11F3N2O4/c18-17(19,20)26-14-6-4-12(5-7-14)16(24)25-10-15(23)22-13-3-1-2-11(8-13)9-21/h1-8H,10H2,(H,22,23). The van der Waals surface area contributed by atoms with Gasteiger partial charge in [0.25, 0.3) is 5.91 Å². The molecule has 0 aromatic heterocycles. The third-order valence-electron chi connectivity index (χ3n) is 2.93. The van der Waals surface area contributed by atoms with Gasteiger partial charge in [-0.15, -0.1) is 13.2 Å². The topological polar surface area (TPSA) is 88.4 Å². The summed E-state index contributed by atoms with van der Waals surface area (Å²) in [5, 5.41) is 11.2. The normalized spacial score (nSPS) is 10.5. The summed E-state index contributed by atoms with van der Waals surface area (Å²) in [7, 11) is 0. The largest absolute Gasteiger partial charge is 0.573 e. The van der Waals surface area contributed by atoms with E-state index in [9.17, 15) is 22.8 Å². The third-order valence-corrected chi connectivity index (χ3v) is 2.93. The summed E-state index contributed by atoms with van der Waals surface area (Å²) >= 11 is 0. The van der Waals surface area contributed by atoms with Crippen LogP contribution in [0.5, 0.6) is 5.75 Å². The summed E-state index contributed by atoms with van der Waals surface area (Å²) in [4.78, 5) is 23.5. The van der Waals surface area contributed by atoms with Gasteiger partial charge in [0.15, 0.2) is 6.61 Å². The third kappa shape index (κ3) is 5.83. The summed E-state index contributed by atoms with van der Waals surface area (Å²) in [6.45, 7) is -0.601. The Hall–Kier alpha value is -3.54. The van der Waals surface area contributed by atoms with Crippen LogP contribution < -0.4 is 10.1 Å². The first-order chi connectivity index (χ1) is 12.3. The molecule has 9 heteroatoms. The molecule has 0 saturated heterocycles. The molecule has 0 heterocycles. The highest BCUT2D eigenvalue weighted by Gasteiger charge is 2.31. The zero-order chi connectivity index (χ0) is 19.2. The average Bonchev–Trinajstić information content (AvgIpc) is 2.59. The molecule has 2 aromatic rings. The Labute approximate surface area is 145 Å². The number of carbonyl (C=O) groups is 2. The van der Waals surface area contributed by atoms with Crippen molar-refractivity contribution in [3.8, 4) is 11.8 Å². The van der Waals surface area contributed by atoms with Crippen molar-refractivity contribution in [1.29, 1.82) is 5.26 Å². The van der Waals surface area contributed by atoms with Gasteiger partial charge in [0.2, 0.25) is 0 Å². The van der Waals surface area contributed by atoms with Crippen LogP contribution >= 0.6 is 0 Å². The second-order valence-corrected chi connectivity index (χ2v) is 4.89. The number of rotatable bonds is 5. The smallest absolute Gasteiger partial charge is 0.452 e. The minimum absolute atomic E-state index is 0.0428. The molecule has 0 aliphatic carbocycles. The lowest BCUT2D eigenvalue weighted by Gasteiger charge is -2.09. The van der Waals surface area contributed by atoms with E-state index in [4.69, 9.17) is 10.00 Å². The quantitative estimate of drug-likeness (QED) is 0.823. The fourth-order valence-corrected chi connectivity index (χ4v) is 1.87. The van der Waals surface area contributed by atoms with Crippen molar-refractivity contribution in [2.24, 2.45) is 0 Å². The summed E-state index contributed by atoms with van der Waals surface area (Å²) in [5.74, 6) is -2.00. The van der Waals surface area contributed by atoms with E-state index in [0.29, 0.717) is 11.3 Å². The minimum atomic E-state index is -4.83. The molecular formula is C17H11F3N2O4. The Morgan fingerprint density at radius 2 is 1.81 bits per heavy atom. The van der Waals surface area contributed by atoms with Crippen molar-refractivity contribution < 1.29 is 32.2 Å². The van der Waals surface area contributed by atoms with Crippen LogP contribution in [-0.4, -0.2) is 24.8 Å². The van der Waals surface area contributed by atoms with Crippen molar-refractivity contribution in [2.75, 3.05) is 11.9 Å². The van der Waals surface area contributed by atoms with Crippen molar-refractivity contribution in [3.05, 3.63) is 59.7 Å². The maximum Gasteiger partial charge on any atom is 0.573 e. The molecule has 0 radical (unpaired) electrons. The Bertz CT molecular complexity index is 842. The number of esters is 1. The zero-order valence-electron chi connectivity index (χ0n) is 13.0. The number of amides is 1. The molecule has 2 aromatic carbocycles. The van der Waals surface area contributed by atoms with E-state index in [2.05, 4.69) is 10.1 Å². The van der Waals surface area contributed by atoms with E-state index in [-0.39, 0.29) is 5.56 Å². The number of hydrogen-bond acceptors (Lipinski definition) is 5. The number of halogens is 3. The predicted octanol–water partition coefficient (Wildman–Crippen LogP) is 3.25. The summed E-state index contributed by atoms with van der Waals surface area (Å²) in [6, 6.07) is 12.1. The number of nitrogens with one attached hydrogen (secondary N) is 1. The van der Waals surface area contributed by atoms with E-state index in [1.165, 1.54) is 6.07 Å². The van der Waals surface area contributed by atoms with Crippen molar-refractivity contribution in [1.82, 2.24) is 0 Å². The maximum atomic E-state index is 12.1. The molecule has 0 aliphatic rings. The molecule has 0 unspecified atom stereocenters. The van der Waals surface area contributed by atoms with Crippen molar-refractivity contribution in [2.45, 2.75) is 6.36 Å². The SMILES string of the molecule is N#Cc1cccc(NC(=O)COC(=O)c2ccc(OC(F)(F)F)cc2)c1. The van der Waals surface area contributed by atoms with Crippen molar-refractivity contribution in [3.63, 3.8) is 0 Å². The first-order valence-corrected chi connectivity index (χ1v) is 7.10. The molecule has 2 rings (SSSR count). The maximum absolute atomic E-state index is 12.1. The first-order valence-electron chi connectivity index (χ1n) is 7.10. The molecule has 134 valence electrons. The molecular weight excluding hydrogens is 353 g/mol. The van der Waals surface area contributed by atoms with Gasteiger partial charge >= 0.3 is 12.3 Å². The van der Waals surface area contributed by atoms with Gasteiger partial charge in [-0.1, -0.05) is 6.07 Å². The van der Waals surface area contributed by atoms with Crippen molar-refractivity contribution >= 4 is 17.6 Å². The van der Waals surface area contributed by atoms with E-state index >= 15 is 0 Å². The number of alkyl halides is 3. The van der Waals surface area contributed by atoms with Gasteiger partial charge in [0.05, 0.1) is 17.2 Å². The highest BCUT2D eigenvalue weighted by molar-refractivity contribution is 5.95. The average molecular weight is 364 g/mol. The van der Waals surface area contributed by atoms with Crippen LogP contribution in [0.15, 0.2) is 48.5 Å². The molecule has 1 amide bonds. The van der Waals surface area contributed by atoms with Gasteiger partial charge in [0.1, 0.15) is 5.75 Å². The fraction of sp³-hybridized carbons (Fsp3) is 0.118. The lowest BCUT2D eigenvalue weighted by Crippen LogP contribution is -2.21. The molecule has 0 atom stereocenters. The molecule has 6 nitrogen and oxygen atoms in total. The number of hydrogen-bond donors (Lipinski definition) is 1. The van der Waals surface area contributed by atoms with Gasteiger partial charge in [-0.3, -0.25) is 4.79 Å². The van der Waals surface area contributed by atoms with Gasteiger partial charge in [0, 0.05) is 5.69 Å². The minimum Gasteiger partial charge on any atom is -0.452 e. The molecule has 1 N–H and O–H groups in total. The van der Waals surface area contributed by atoms with E-state index in [1.54, 1.807) is 18.2 Å². The number of carbonyl (C=O) groups excluding carboxylic acids is 2. The molecule has 0 aliphatic heterocycles. The van der Waals surface area contributed by atoms with Crippen LogP contribution in [0.4, 0.5) is 18.9 Å². The lowest BCUT2D eigenvalue weighted by atomic mass is 10.2. The number of nitrogens with zero attached hydrogens (tertiary/aromatic N) is 1. The van der Waals surface area contributed by atoms with Gasteiger partial charge in [-0.2, -0.15) is 5.26 Å². The fourth-order valence-electron chi connectivity index (χ4n) is 1.87. The Morgan fingerprint density at radius 1 is 1.12 bits per heavy atom. The van der Waals surface area contributed by atoms with Crippen LogP contribution in [0.25, 0.3) is 0 Å². The second kappa shape index (κ2) is 8.02. The predicted molar refractivity (Wildman–Crippen MR) is 83.2 cm³/mol. The van der Waals surface area contributed by atoms with Crippen LogP contribution in [0.1, 0.15) is 15.9 Å². The Kier molecular flexibility index (Phi) is 5.80. The molecule has 0 saturated carbocycles. The number of ether oxygens (including phenoxy) is 2. The van der Waals surface area contributed by atoms with Crippen LogP contribution in [0.2, 0.25) is 0 Å². The monoisotopic (exact) mass is 364 g/mol. The van der Waals surface area contributed by atoms with Gasteiger partial charge < -0.3 is 14.8 Å². The van der Waals surface area contributed by atoms with Crippen LogP contribution in [0, 0.1) is 11.3 Å². The molecule has 0 fully saturated rings. The van der Waals surface area contributed by atoms with E-state index in [0.717, 1.165) is 24.3 Å². The van der Waals surface area contributed by atoms with Gasteiger partial charge in [-0.05, 0) is 42.5 Å². The summed E-state index contributed by atoms with van der Waals surface area (Å²) < 4.78 is 44.6. The summed E-state index contributed by atoms with van der Waals surface area (Å²) in [6.07, 6.45) is -4.83. The molecule has 0 bridgehead atoms. The Balaban J connectivity index is 1.87. The van der Waals surface area contributed by atoms with Crippen LogP contribution in [-0.2, 0) is 9.53 Å². The Morgan fingerprint density at radius 3 is 2.42 bits per heavy atom. The summed E-state index contributed by atoms with van der Waals surface area (Å²) in [5.41, 5.74) is 0.665. The number of nitriles is 1. The second-order valence-electron chi connectivity index (χ2n) is 4.89.